The van der Waals surface area contributed by atoms with Crippen LogP contribution < -0.4 is 15.9 Å². The van der Waals surface area contributed by atoms with Crippen LogP contribution in [0, 0.1) is 0 Å². The van der Waals surface area contributed by atoms with Crippen molar-refractivity contribution in [3.63, 3.8) is 0 Å². The van der Waals surface area contributed by atoms with E-state index in [0.717, 1.165) is 18.4 Å². The first kappa shape index (κ1) is 20.1. The molecule has 2 N–H and O–H groups in total. The third-order valence-electron chi connectivity index (χ3n) is 5.84. The maximum Gasteiger partial charge on any atom is 0.327 e. The highest BCUT2D eigenvalue weighted by Crippen LogP contribution is 2.30. The van der Waals surface area contributed by atoms with E-state index in [2.05, 4.69) is 35.1 Å². The molecule has 1 aliphatic heterocycles. The number of imidazole rings is 2. The fourth-order valence-corrected chi connectivity index (χ4v) is 4.32. The molecular formula is C20H22FN9O2. The zero-order chi connectivity index (χ0) is 22.2. The van der Waals surface area contributed by atoms with Gasteiger partial charge < -0.3 is 14.8 Å². The fraction of sp³-hybridized carbons (Fsp3) is 0.400. The minimum absolute atomic E-state index is 0.0415. The number of nitrogens with zero attached hydrogens (tertiary/aromatic N) is 7. The number of alkyl halides is 1. The zero-order valence-electron chi connectivity index (χ0n) is 17.5. The number of fused-ring (bicyclic) bond motifs is 2. The van der Waals surface area contributed by atoms with E-state index in [-0.39, 0.29) is 24.1 Å². The third kappa shape index (κ3) is 3.27. The van der Waals surface area contributed by atoms with E-state index in [0.29, 0.717) is 35.7 Å². The summed E-state index contributed by atoms with van der Waals surface area (Å²) in [5.74, 6) is 0.338. The van der Waals surface area contributed by atoms with Gasteiger partial charge in [0, 0.05) is 38.9 Å². The number of piperidine rings is 1. The Kier molecular flexibility index (Phi) is 5.04. The molecule has 0 aromatic carbocycles. The lowest BCUT2D eigenvalue weighted by Gasteiger charge is -2.33. The summed E-state index contributed by atoms with van der Waals surface area (Å²) in [4.78, 5) is 47.1. The predicted molar refractivity (Wildman–Crippen MR) is 115 cm³/mol. The first-order valence-corrected chi connectivity index (χ1v) is 10.4. The number of nitrogens with one attached hydrogen (secondary N) is 2. The first-order valence-electron chi connectivity index (χ1n) is 10.4. The molecule has 1 amide bonds. The number of H-pyrrole nitrogens is 1. The fourth-order valence-electron chi connectivity index (χ4n) is 4.32. The van der Waals surface area contributed by atoms with Crippen LogP contribution in [-0.2, 0) is 7.05 Å². The van der Waals surface area contributed by atoms with E-state index in [9.17, 15) is 14.0 Å². The first-order chi connectivity index (χ1) is 15.6. The highest BCUT2D eigenvalue weighted by Gasteiger charge is 2.27. The van der Waals surface area contributed by atoms with Gasteiger partial charge in [0.05, 0.1) is 5.52 Å². The second kappa shape index (κ2) is 8.02. The number of aromatic nitrogens is 7. The monoisotopic (exact) mass is 439 g/mol. The number of carbonyl (C=O) groups excluding carboxylic acids is 1. The quantitative estimate of drug-likeness (QED) is 0.474. The summed E-state index contributed by atoms with van der Waals surface area (Å²) in [6, 6.07) is 3.75. The smallest absolute Gasteiger partial charge is 0.327 e. The van der Waals surface area contributed by atoms with Crippen molar-refractivity contribution in [2.24, 2.45) is 7.05 Å². The lowest BCUT2D eigenvalue weighted by molar-refractivity contribution is 0.0938. The van der Waals surface area contributed by atoms with Gasteiger partial charge in [-0.1, -0.05) is 0 Å². The van der Waals surface area contributed by atoms with Gasteiger partial charge in [0.15, 0.2) is 22.6 Å². The Labute approximate surface area is 181 Å². The molecule has 12 heteroatoms. The van der Waals surface area contributed by atoms with E-state index in [1.54, 1.807) is 22.4 Å². The summed E-state index contributed by atoms with van der Waals surface area (Å²) in [6.45, 7) is 0.605. The summed E-state index contributed by atoms with van der Waals surface area (Å²) in [6.07, 6.45) is 4.59. The van der Waals surface area contributed by atoms with Crippen LogP contribution in [0.25, 0.3) is 22.3 Å². The summed E-state index contributed by atoms with van der Waals surface area (Å²) in [5.41, 5.74) is 2.28. The molecule has 4 aromatic heterocycles. The molecule has 0 aliphatic carbocycles. The zero-order valence-corrected chi connectivity index (χ0v) is 17.5. The molecule has 5 rings (SSSR count). The van der Waals surface area contributed by atoms with Crippen LogP contribution in [0.2, 0.25) is 0 Å². The van der Waals surface area contributed by atoms with Crippen molar-refractivity contribution in [3.05, 3.63) is 41.0 Å². The number of halogens is 1. The molecule has 1 aliphatic rings. The lowest BCUT2D eigenvalue weighted by Crippen LogP contribution is -2.37. The van der Waals surface area contributed by atoms with Crippen molar-refractivity contribution in [1.29, 1.82) is 0 Å². The second-order valence-corrected chi connectivity index (χ2v) is 7.70. The Morgan fingerprint density at radius 1 is 1.28 bits per heavy atom. The molecule has 0 unspecified atom stereocenters. The van der Waals surface area contributed by atoms with Crippen molar-refractivity contribution < 1.29 is 9.18 Å². The van der Waals surface area contributed by atoms with Crippen LogP contribution in [0.3, 0.4) is 0 Å². The topological polar surface area (TPSA) is 127 Å². The number of carbonyl (C=O) groups is 1. The largest absolute Gasteiger partial charge is 0.355 e. The van der Waals surface area contributed by atoms with Crippen molar-refractivity contribution in [1.82, 2.24) is 39.4 Å². The maximum atomic E-state index is 12.5. The predicted octanol–water partition coefficient (Wildman–Crippen LogP) is 0.942. The van der Waals surface area contributed by atoms with E-state index in [4.69, 9.17) is 0 Å². The Morgan fingerprint density at radius 3 is 2.88 bits per heavy atom. The standard InChI is InChI=1S/C20H22FN9O2/c1-28-16-14(26-18(28)19(31)23-8-6-21)17(25-11-24-16)29-9-4-12(5-10-29)30-13-3-2-7-22-15(13)27-20(30)32/h2-3,7,11-12H,4-6,8-10H2,1H3,(H,23,31)(H,22,27,32). The van der Waals surface area contributed by atoms with Crippen LogP contribution in [0.15, 0.2) is 29.5 Å². The molecule has 1 saturated heterocycles. The summed E-state index contributed by atoms with van der Waals surface area (Å²) >= 11 is 0. The summed E-state index contributed by atoms with van der Waals surface area (Å²) in [5, 5.41) is 2.49. The van der Waals surface area contributed by atoms with Gasteiger partial charge in [-0.15, -0.1) is 0 Å². The molecule has 4 aromatic rings. The average molecular weight is 439 g/mol. The summed E-state index contributed by atoms with van der Waals surface area (Å²) in [7, 11) is 1.69. The Morgan fingerprint density at radius 2 is 2.09 bits per heavy atom. The molecule has 11 nitrogen and oxygen atoms in total. The van der Waals surface area contributed by atoms with Crippen LogP contribution >= 0.6 is 0 Å². The molecule has 32 heavy (non-hydrogen) atoms. The molecule has 0 radical (unpaired) electrons. The molecule has 0 saturated carbocycles. The molecule has 5 heterocycles. The van der Waals surface area contributed by atoms with Gasteiger partial charge in [0.1, 0.15) is 13.0 Å². The number of hydrogen-bond donors (Lipinski definition) is 2. The van der Waals surface area contributed by atoms with Crippen LogP contribution in [-0.4, -0.2) is 66.3 Å². The number of pyridine rings is 1. The second-order valence-electron chi connectivity index (χ2n) is 7.70. The minimum atomic E-state index is -0.648. The van der Waals surface area contributed by atoms with Gasteiger partial charge in [0.2, 0.25) is 5.82 Å². The normalized spacial score (nSPS) is 15.0. The number of amides is 1. The lowest BCUT2D eigenvalue weighted by atomic mass is 10.0. The van der Waals surface area contributed by atoms with Gasteiger partial charge >= 0.3 is 5.69 Å². The van der Waals surface area contributed by atoms with E-state index < -0.39 is 12.6 Å². The van der Waals surface area contributed by atoms with Gasteiger partial charge in [-0.25, -0.2) is 29.1 Å². The van der Waals surface area contributed by atoms with Crippen LogP contribution in [0.5, 0.6) is 0 Å². The molecule has 1 fully saturated rings. The highest BCUT2D eigenvalue weighted by molar-refractivity contribution is 5.96. The van der Waals surface area contributed by atoms with Gasteiger partial charge in [0.25, 0.3) is 5.91 Å². The average Bonchev–Trinajstić information content (AvgIpc) is 3.34. The van der Waals surface area contributed by atoms with E-state index in [1.807, 2.05) is 12.1 Å². The number of anilines is 1. The Balaban J connectivity index is 1.41. The third-order valence-corrected chi connectivity index (χ3v) is 5.84. The summed E-state index contributed by atoms with van der Waals surface area (Å²) < 4.78 is 15.8. The van der Waals surface area contributed by atoms with Crippen LogP contribution in [0.1, 0.15) is 29.5 Å². The minimum Gasteiger partial charge on any atom is -0.355 e. The molecule has 0 atom stereocenters. The SMILES string of the molecule is Cn1c(C(=O)NCCF)nc2c(N3CCC(n4c(=O)[nH]c5ncccc54)CC3)ncnc21. The molecule has 0 spiro atoms. The van der Waals surface area contributed by atoms with Crippen molar-refractivity contribution in [2.45, 2.75) is 18.9 Å². The Bertz CT molecular complexity index is 1350. The molecule has 0 bridgehead atoms. The number of aromatic amines is 1. The Hall–Kier alpha value is -3.83. The highest BCUT2D eigenvalue weighted by atomic mass is 19.1. The van der Waals surface area contributed by atoms with Gasteiger partial charge in [-0.3, -0.25) is 14.3 Å². The maximum absolute atomic E-state index is 12.5. The molecule has 166 valence electrons. The van der Waals surface area contributed by atoms with Crippen molar-refractivity contribution in [2.75, 3.05) is 31.2 Å². The number of rotatable bonds is 5. The number of hydrogen-bond acceptors (Lipinski definition) is 7. The van der Waals surface area contributed by atoms with Gasteiger partial charge in [-0.05, 0) is 25.0 Å². The van der Waals surface area contributed by atoms with Crippen LogP contribution in [0.4, 0.5) is 10.2 Å². The van der Waals surface area contributed by atoms with Crippen molar-refractivity contribution in [3.8, 4) is 0 Å². The van der Waals surface area contributed by atoms with E-state index >= 15 is 0 Å². The van der Waals surface area contributed by atoms with Crippen molar-refractivity contribution >= 4 is 34.1 Å². The van der Waals surface area contributed by atoms with E-state index in [1.165, 1.54) is 6.33 Å². The molecular weight excluding hydrogens is 417 g/mol. The number of aryl methyl sites for hydroxylation is 1. The van der Waals surface area contributed by atoms with Gasteiger partial charge in [-0.2, -0.15) is 0 Å².